The predicted molar refractivity (Wildman–Crippen MR) is 82.9 cm³/mol. The molecule has 3 nitrogen and oxygen atoms in total. The highest BCUT2D eigenvalue weighted by Gasteiger charge is 2.32. The van der Waals surface area contributed by atoms with Crippen LogP contribution in [0.15, 0.2) is 0 Å². The summed E-state index contributed by atoms with van der Waals surface area (Å²) in [6, 6.07) is 1.58. The van der Waals surface area contributed by atoms with Crippen molar-refractivity contribution in [1.29, 1.82) is 0 Å². The van der Waals surface area contributed by atoms with E-state index in [0.717, 1.165) is 30.5 Å². The molecule has 0 aromatic rings. The number of hydrogen-bond acceptors (Lipinski definition) is 3. The minimum absolute atomic E-state index is 0.746. The molecule has 2 saturated heterocycles. The topological polar surface area (TPSA) is 24.5 Å². The summed E-state index contributed by atoms with van der Waals surface area (Å²) in [5, 5.41) is 3.98. The summed E-state index contributed by atoms with van der Waals surface area (Å²) in [6.07, 6.45) is 11.4. The van der Waals surface area contributed by atoms with Crippen LogP contribution < -0.4 is 5.32 Å². The van der Waals surface area contributed by atoms with Gasteiger partial charge >= 0.3 is 0 Å². The molecular formula is C17H32N2O. The normalized spacial score (nSPS) is 39.5. The van der Waals surface area contributed by atoms with Crippen LogP contribution in [-0.2, 0) is 4.74 Å². The predicted octanol–water partition coefficient (Wildman–Crippen LogP) is 2.66. The Hall–Kier alpha value is -0.120. The quantitative estimate of drug-likeness (QED) is 0.857. The Bertz CT molecular complexity index is 295. The molecule has 4 atom stereocenters. The molecule has 0 amide bonds. The summed E-state index contributed by atoms with van der Waals surface area (Å²) < 4.78 is 5.35. The number of methoxy groups -OCH3 is 1. The number of nitrogens with one attached hydrogen (secondary N) is 1. The second-order valence-corrected chi connectivity index (χ2v) is 7.32. The Morgan fingerprint density at radius 1 is 1.05 bits per heavy atom. The minimum atomic E-state index is 0.746. The molecule has 3 aliphatic rings. The fourth-order valence-corrected chi connectivity index (χ4v) is 4.72. The van der Waals surface area contributed by atoms with Crippen LogP contribution in [-0.4, -0.2) is 50.3 Å². The first-order valence-corrected chi connectivity index (χ1v) is 8.82. The van der Waals surface area contributed by atoms with Gasteiger partial charge in [-0.25, -0.2) is 0 Å². The highest BCUT2D eigenvalue weighted by molar-refractivity contribution is 4.91. The Morgan fingerprint density at radius 2 is 1.95 bits per heavy atom. The first-order chi connectivity index (χ1) is 9.85. The fourth-order valence-electron chi connectivity index (χ4n) is 4.72. The third-order valence-electron chi connectivity index (χ3n) is 5.73. The van der Waals surface area contributed by atoms with Gasteiger partial charge in [0.2, 0.25) is 0 Å². The number of likely N-dealkylation sites (tertiary alicyclic amines) is 1. The van der Waals surface area contributed by atoms with Crippen molar-refractivity contribution in [3.05, 3.63) is 0 Å². The maximum atomic E-state index is 5.35. The molecule has 1 aliphatic carbocycles. The first-order valence-electron chi connectivity index (χ1n) is 8.82. The van der Waals surface area contributed by atoms with Crippen molar-refractivity contribution >= 4 is 0 Å². The van der Waals surface area contributed by atoms with Crippen molar-refractivity contribution in [2.75, 3.05) is 33.4 Å². The number of nitrogens with zero attached hydrogens (tertiary/aromatic N) is 1. The van der Waals surface area contributed by atoms with Crippen molar-refractivity contribution in [2.24, 2.45) is 11.8 Å². The Kier molecular flexibility index (Phi) is 5.36. The van der Waals surface area contributed by atoms with Crippen molar-refractivity contribution in [3.8, 4) is 0 Å². The second-order valence-electron chi connectivity index (χ2n) is 7.32. The summed E-state index contributed by atoms with van der Waals surface area (Å²) in [5.41, 5.74) is 0. The van der Waals surface area contributed by atoms with Crippen LogP contribution in [0.2, 0.25) is 0 Å². The maximum Gasteiger partial charge on any atom is 0.0502 e. The van der Waals surface area contributed by atoms with E-state index >= 15 is 0 Å². The van der Waals surface area contributed by atoms with Gasteiger partial charge in [-0.3, -0.25) is 0 Å². The molecule has 2 aliphatic heterocycles. The molecule has 4 unspecified atom stereocenters. The molecule has 116 valence electrons. The lowest BCUT2D eigenvalue weighted by Gasteiger charge is -2.43. The van der Waals surface area contributed by atoms with Crippen molar-refractivity contribution < 1.29 is 4.74 Å². The van der Waals surface area contributed by atoms with E-state index in [-0.39, 0.29) is 0 Å². The average molecular weight is 280 g/mol. The standard InChI is InChI=1S/C17H32N2O/c1-20-13-14-5-4-10-19(11-14)12-16-9-8-15-6-2-3-7-17(15)18-16/h14-18H,2-13H2,1H3. The minimum Gasteiger partial charge on any atom is -0.384 e. The molecular weight excluding hydrogens is 248 g/mol. The molecule has 1 saturated carbocycles. The summed E-state index contributed by atoms with van der Waals surface area (Å²) in [5.74, 6) is 1.75. The van der Waals surface area contributed by atoms with Gasteiger partial charge in [0.15, 0.2) is 0 Å². The lowest BCUT2D eigenvalue weighted by molar-refractivity contribution is 0.0754. The molecule has 3 heteroatoms. The van der Waals surface area contributed by atoms with E-state index in [1.165, 1.54) is 71.0 Å². The number of piperidine rings is 2. The van der Waals surface area contributed by atoms with Crippen LogP contribution in [0, 0.1) is 11.8 Å². The van der Waals surface area contributed by atoms with E-state index in [0.29, 0.717) is 0 Å². The van der Waals surface area contributed by atoms with Gasteiger partial charge in [0.1, 0.15) is 0 Å². The van der Waals surface area contributed by atoms with E-state index < -0.39 is 0 Å². The lowest BCUT2D eigenvalue weighted by atomic mass is 9.77. The zero-order valence-corrected chi connectivity index (χ0v) is 13.2. The van der Waals surface area contributed by atoms with Crippen LogP contribution in [0.4, 0.5) is 0 Å². The fraction of sp³-hybridized carbons (Fsp3) is 1.00. The molecule has 3 rings (SSSR count). The lowest BCUT2D eigenvalue weighted by Crippen LogP contribution is -2.54. The number of hydrogen-bond donors (Lipinski definition) is 1. The van der Waals surface area contributed by atoms with Crippen LogP contribution >= 0.6 is 0 Å². The number of rotatable bonds is 4. The molecule has 2 heterocycles. The van der Waals surface area contributed by atoms with E-state index in [1.54, 1.807) is 0 Å². The van der Waals surface area contributed by atoms with Crippen molar-refractivity contribution in [3.63, 3.8) is 0 Å². The first kappa shape index (κ1) is 14.8. The molecule has 1 N–H and O–H groups in total. The van der Waals surface area contributed by atoms with E-state index in [1.807, 2.05) is 7.11 Å². The molecule has 0 spiro atoms. The maximum absolute atomic E-state index is 5.35. The van der Waals surface area contributed by atoms with Crippen LogP contribution in [0.1, 0.15) is 51.4 Å². The smallest absolute Gasteiger partial charge is 0.0502 e. The van der Waals surface area contributed by atoms with Crippen molar-refractivity contribution in [1.82, 2.24) is 10.2 Å². The summed E-state index contributed by atoms with van der Waals surface area (Å²) in [6.45, 7) is 4.76. The summed E-state index contributed by atoms with van der Waals surface area (Å²) >= 11 is 0. The molecule has 0 radical (unpaired) electrons. The monoisotopic (exact) mass is 280 g/mol. The van der Waals surface area contributed by atoms with Gasteiger partial charge in [-0.05, 0) is 56.9 Å². The van der Waals surface area contributed by atoms with Crippen LogP contribution in [0.25, 0.3) is 0 Å². The molecule has 0 aromatic heterocycles. The Balaban J connectivity index is 1.45. The second kappa shape index (κ2) is 7.24. The SMILES string of the molecule is COCC1CCCN(CC2CCC3CCCCC3N2)C1. The Labute approximate surface area is 124 Å². The van der Waals surface area contributed by atoms with Gasteiger partial charge < -0.3 is 15.0 Å². The van der Waals surface area contributed by atoms with Crippen molar-refractivity contribution in [2.45, 2.75) is 63.5 Å². The van der Waals surface area contributed by atoms with Gasteiger partial charge in [-0.15, -0.1) is 0 Å². The van der Waals surface area contributed by atoms with Gasteiger partial charge in [0.25, 0.3) is 0 Å². The van der Waals surface area contributed by atoms with Gasteiger partial charge in [-0.1, -0.05) is 12.8 Å². The van der Waals surface area contributed by atoms with E-state index in [9.17, 15) is 0 Å². The molecule has 20 heavy (non-hydrogen) atoms. The molecule has 3 fully saturated rings. The highest BCUT2D eigenvalue weighted by Crippen LogP contribution is 2.32. The third kappa shape index (κ3) is 3.75. The zero-order valence-electron chi connectivity index (χ0n) is 13.2. The molecule has 0 aromatic carbocycles. The van der Waals surface area contributed by atoms with Gasteiger partial charge in [-0.2, -0.15) is 0 Å². The zero-order chi connectivity index (χ0) is 13.8. The van der Waals surface area contributed by atoms with E-state index in [2.05, 4.69) is 10.2 Å². The molecule has 0 bridgehead atoms. The van der Waals surface area contributed by atoms with E-state index in [4.69, 9.17) is 4.74 Å². The van der Waals surface area contributed by atoms with Gasteiger partial charge in [0, 0.05) is 32.3 Å². The highest BCUT2D eigenvalue weighted by atomic mass is 16.5. The largest absolute Gasteiger partial charge is 0.384 e. The average Bonchev–Trinajstić information content (AvgIpc) is 2.48. The summed E-state index contributed by atoms with van der Waals surface area (Å²) in [4.78, 5) is 2.69. The summed E-state index contributed by atoms with van der Waals surface area (Å²) in [7, 11) is 1.84. The number of ether oxygens (including phenoxy) is 1. The third-order valence-corrected chi connectivity index (χ3v) is 5.73. The van der Waals surface area contributed by atoms with Crippen LogP contribution in [0.5, 0.6) is 0 Å². The van der Waals surface area contributed by atoms with Crippen LogP contribution in [0.3, 0.4) is 0 Å². The number of fused-ring (bicyclic) bond motifs is 1. The van der Waals surface area contributed by atoms with Gasteiger partial charge in [0.05, 0.1) is 6.61 Å². The Morgan fingerprint density at radius 3 is 2.85 bits per heavy atom.